The number of carbonyl (C=O) groups excluding carboxylic acids is 2. The van der Waals surface area contributed by atoms with E-state index in [1.165, 1.54) is 38.1 Å². The van der Waals surface area contributed by atoms with Crippen molar-refractivity contribution in [3.8, 4) is 23.1 Å². The monoisotopic (exact) mass is 618 g/mol. The number of aromatic nitrogens is 1. The van der Waals surface area contributed by atoms with Gasteiger partial charge in [0, 0.05) is 37.1 Å². The van der Waals surface area contributed by atoms with Crippen molar-refractivity contribution >= 4 is 46.1 Å². The molecule has 0 bridgehead atoms. The average molecular weight is 618 g/mol. The molecule has 0 radical (unpaired) electrons. The van der Waals surface area contributed by atoms with Gasteiger partial charge in [-0.25, -0.2) is 4.98 Å². The SMILES string of the molecule is COc1cc([C@@H]2OC(c3ccc(I)c(OC(C)=O)c3)=NN2C(C)=O)ccc1Oc1ccc([N+](=O)[O-])cn1. The first-order valence-electron chi connectivity index (χ1n) is 10.7. The van der Waals surface area contributed by atoms with Crippen LogP contribution >= 0.6 is 22.6 Å². The molecule has 13 heteroatoms. The smallest absolute Gasteiger partial charge is 0.308 e. The molecule has 1 amide bonds. The van der Waals surface area contributed by atoms with E-state index in [0.717, 1.165) is 9.77 Å². The van der Waals surface area contributed by atoms with E-state index in [1.54, 1.807) is 36.4 Å². The molecule has 0 saturated heterocycles. The van der Waals surface area contributed by atoms with Crippen molar-refractivity contribution in [1.82, 2.24) is 9.99 Å². The highest BCUT2D eigenvalue weighted by atomic mass is 127. The van der Waals surface area contributed by atoms with Crippen molar-refractivity contribution in [2.45, 2.75) is 20.1 Å². The summed E-state index contributed by atoms with van der Waals surface area (Å²) < 4.78 is 23.2. The fourth-order valence-electron chi connectivity index (χ4n) is 3.35. The highest BCUT2D eigenvalue weighted by Crippen LogP contribution is 2.38. The Kier molecular flexibility index (Phi) is 7.52. The Morgan fingerprint density at radius 1 is 1.08 bits per heavy atom. The molecule has 1 aliphatic heterocycles. The number of carbonyl (C=O) groups is 2. The maximum Gasteiger partial charge on any atom is 0.308 e. The molecular formula is C24H19IN4O8. The molecule has 1 aromatic heterocycles. The third-order valence-electron chi connectivity index (χ3n) is 5.02. The van der Waals surface area contributed by atoms with Gasteiger partial charge in [0.05, 0.1) is 15.6 Å². The van der Waals surface area contributed by atoms with Crippen molar-refractivity contribution in [3.63, 3.8) is 0 Å². The number of methoxy groups -OCH3 is 1. The summed E-state index contributed by atoms with van der Waals surface area (Å²) in [4.78, 5) is 38.0. The van der Waals surface area contributed by atoms with Gasteiger partial charge in [0.15, 0.2) is 11.5 Å². The fraction of sp³-hybridized carbons (Fsp3) is 0.167. The normalized spacial score (nSPS) is 14.4. The average Bonchev–Trinajstić information content (AvgIpc) is 3.31. The first-order valence-corrected chi connectivity index (χ1v) is 11.7. The van der Waals surface area contributed by atoms with Gasteiger partial charge in [0.2, 0.25) is 23.9 Å². The van der Waals surface area contributed by atoms with E-state index in [9.17, 15) is 19.7 Å². The predicted octanol–water partition coefficient (Wildman–Crippen LogP) is 4.56. The minimum atomic E-state index is -0.899. The van der Waals surface area contributed by atoms with Crippen LogP contribution in [0.2, 0.25) is 0 Å². The van der Waals surface area contributed by atoms with Gasteiger partial charge < -0.3 is 18.9 Å². The highest BCUT2D eigenvalue weighted by Gasteiger charge is 2.34. The Labute approximate surface area is 224 Å². The number of nitrogens with zero attached hydrogens (tertiary/aromatic N) is 4. The lowest BCUT2D eigenvalue weighted by molar-refractivity contribution is -0.385. The van der Waals surface area contributed by atoms with Crippen LogP contribution in [-0.4, -0.2) is 39.8 Å². The number of pyridine rings is 1. The third-order valence-corrected chi connectivity index (χ3v) is 5.91. The Morgan fingerprint density at radius 2 is 1.86 bits per heavy atom. The van der Waals surface area contributed by atoms with Crippen molar-refractivity contribution in [2.75, 3.05) is 7.11 Å². The van der Waals surface area contributed by atoms with Gasteiger partial charge in [-0.1, -0.05) is 0 Å². The lowest BCUT2D eigenvalue weighted by atomic mass is 10.1. The van der Waals surface area contributed by atoms with Gasteiger partial charge in [-0.3, -0.25) is 19.7 Å². The van der Waals surface area contributed by atoms with Crippen molar-refractivity contribution in [3.05, 3.63) is 79.5 Å². The highest BCUT2D eigenvalue weighted by molar-refractivity contribution is 14.1. The number of ether oxygens (including phenoxy) is 4. The summed E-state index contributed by atoms with van der Waals surface area (Å²) >= 11 is 2.04. The number of hydrogen-bond acceptors (Lipinski definition) is 10. The van der Waals surface area contributed by atoms with E-state index in [1.807, 2.05) is 22.6 Å². The molecule has 0 aliphatic carbocycles. The molecule has 0 fully saturated rings. The van der Waals surface area contributed by atoms with E-state index in [0.29, 0.717) is 28.4 Å². The van der Waals surface area contributed by atoms with E-state index in [2.05, 4.69) is 10.1 Å². The molecular weight excluding hydrogens is 599 g/mol. The second-order valence-corrected chi connectivity index (χ2v) is 8.76. The molecule has 12 nitrogen and oxygen atoms in total. The number of esters is 1. The second-order valence-electron chi connectivity index (χ2n) is 7.60. The molecule has 4 rings (SSSR count). The Morgan fingerprint density at radius 3 is 2.49 bits per heavy atom. The predicted molar refractivity (Wildman–Crippen MR) is 137 cm³/mol. The van der Waals surface area contributed by atoms with Crippen LogP contribution in [0.4, 0.5) is 5.69 Å². The quantitative estimate of drug-likeness (QED) is 0.122. The maximum atomic E-state index is 12.4. The Hall–Kier alpha value is -4.27. The Balaban J connectivity index is 1.60. The molecule has 2 aromatic carbocycles. The van der Waals surface area contributed by atoms with Crippen molar-refractivity contribution in [2.24, 2.45) is 5.10 Å². The van der Waals surface area contributed by atoms with Crippen LogP contribution in [-0.2, 0) is 14.3 Å². The molecule has 0 N–H and O–H groups in total. The lowest BCUT2D eigenvalue weighted by Crippen LogP contribution is -2.25. The zero-order valence-electron chi connectivity index (χ0n) is 19.7. The minimum absolute atomic E-state index is 0.132. The van der Waals surface area contributed by atoms with E-state index in [-0.39, 0.29) is 23.4 Å². The van der Waals surface area contributed by atoms with Crippen LogP contribution in [0, 0.1) is 13.7 Å². The molecule has 2 heterocycles. The van der Waals surface area contributed by atoms with Gasteiger partial charge in [0.1, 0.15) is 11.9 Å². The number of rotatable bonds is 7. The summed E-state index contributed by atoms with van der Waals surface area (Å²) in [5.41, 5.74) is 0.892. The van der Waals surface area contributed by atoms with Gasteiger partial charge in [0.25, 0.3) is 5.69 Å². The summed E-state index contributed by atoms with van der Waals surface area (Å²) in [6.07, 6.45) is 0.188. The summed E-state index contributed by atoms with van der Waals surface area (Å²) in [5.74, 6) is 0.421. The zero-order valence-corrected chi connectivity index (χ0v) is 21.9. The number of hydrogen-bond donors (Lipinski definition) is 0. The molecule has 0 unspecified atom stereocenters. The van der Waals surface area contributed by atoms with Gasteiger partial charge in [-0.2, -0.15) is 5.01 Å². The van der Waals surface area contributed by atoms with Gasteiger partial charge >= 0.3 is 5.97 Å². The van der Waals surface area contributed by atoms with E-state index < -0.39 is 17.1 Å². The number of amides is 1. The molecule has 0 spiro atoms. The summed E-state index contributed by atoms with van der Waals surface area (Å²) in [6.45, 7) is 2.66. The van der Waals surface area contributed by atoms with Crippen LogP contribution in [0.1, 0.15) is 31.2 Å². The van der Waals surface area contributed by atoms with Crippen LogP contribution in [0.3, 0.4) is 0 Å². The summed E-state index contributed by atoms with van der Waals surface area (Å²) in [6, 6.07) is 12.6. The van der Waals surface area contributed by atoms with Crippen LogP contribution in [0.5, 0.6) is 23.1 Å². The number of halogens is 1. The lowest BCUT2D eigenvalue weighted by Gasteiger charge is -2.20. The molecule has 1 atom stereocenters. The largest absolute Gasteiger partial charge is 0.493 e. The maximum absolute atomic E-state index is 12.4. The molecule has 190 valence electrons. The summed E-state index contributed by atoms with van der Waals surface area (Å²) in [5, 5.41) is 16.4. The standard InChI is InChI=1S/C24H19IN4O8/c1-13(30)28-24(37-23(27-28)15-4-7-18(25)20(10-15)35-14(2)31)16-5-8-19(21(11-16)34-3)36-22-9-6-17(12-26-22)29(32)33/h4-12,24H,1-3H3/t24-/m0/s1. The van der Waals surface area contributed by atoms with Crippen LogP contribution in [0.25, 0.3) is 0 Å². The first-order chi connectivity index (χ1) is 17.7. The van der Waals surface area contributed by atoms with Crippen LogP contribution in [0.15, 0.2) is 59.8 Å². The van der Waals surface area contributed by atoms with Gasteiger partial charge in [-0.15, -0.1) is 5.10 Å². The Bertz CT molecular complexity index is 1410. The van der Waals surface area contributed by atoms with Crippen LogP contribution < -0.4 is 14.2 Å². The van der Waals surface area contributed by atoms with Crippen molar-refractivity contribution in [1.29, 1.82) is 0 Å². The van der Waals surface area contributed by atoms with Crippen molar-refractivity contribution < 1.29 is 33.5 Å². The second kappa shape index (κ2) is 10.8. The zero-order chi connectivity index (χ0) is 26.7. The van der Waals surface area contributed by atoms with E-state index >= 15 is 0 Å². The molecule has 1 aliphatic rings. The molecule has 37 heavy (non-hydrogen) atoms. The fourth-order valence-corrected chi connectivity index (χ4v) is 3.79. The minimum Gasteiger partial charge on any atom is -0.493 e. The summed E-state index contributed by atoms with van der Waals surface area (Å²) in [7, 11) is 1.44. The van der Waals surface area contributed by atoms with Gasteiger partial charge in [-0.05, 0) is 59.0 Å². The number of hydrazone groups is 1. The first kappa shape index (κ1) is 25.8. The topological polar surface area (TPSA) is 143 Å². The molecule has 3 aromatic rings. The third kappa shape index (κ3) is 5.77. The molecule has 0 saturated carbocycles. The van der Waals surface area contributed by atoms with E-state index in [4.69, 9.17) is 18.9 Å². The number of benzene rings is 2. The number of nitro groups is 1.